The highest BCUT2D eigenvalue weighted by Crippen LogP contribution is 2.42. The fourth-order valence-electron chi connectivity index (χ4n) is 3.39. The van der Waals surface area contributed by atoms with Gasteiger partial charge in [0.1, 0.15) is 0 Å². The van der Waals surface area contributed by atoms with Crippen molar-refractivity contribution in [3.05, 3.63) is 0 Å². The molecular weight excluding hydrogens is 216 g/mol. The van der Waals surface area contributed by atoms with Crippen LogP contribution in [0, 0.1) is 16.2 Å². The van der Waals surface area contributed by atoms with E-state index in [0.717, 1.165) is 0 Å². The van der Waals surface area contributed by atoms with E-state index in [0.29, 0.717) is 16.2 Å². The maximum absolute atomic E-state index is 2.52. The lowest BCUT2D eigenvalue weighted by Crippen LogP contribution is -2.18. The Hall–Kier alpha value is 0. The third-order valence-corrected chi connectivity index (χ3v) is 5.60. The highest BCUT2D eigenvalue weighted by atomic mass is 14.3. The molecule has 0 radical (unpaired) electrons. The lowest BCUT2D eigenvalue weighted by molar-refractivity contribution is 0.214. The van der Waals surface area contributed by atoms with Crippen molar-refractivity contribution < 1.29 is 0 Å². The van der Waals surface area contributed by atoms with Crippen LogP contribution in [0.1, 0.15) is 99.3 Å². The molecular formula is C18H36. The van der Waals surface area contributed by atoms with Crippen molar-refractivity contribution in [2.45, 2.75) is 99.3 Å². The van der Waals surface area contributed by atoms with E-state index in [-0.39, 0.29) is 0 Å². The highest BCUT2D eigenvalue weighted by Gasteiger charge is 2.29. The first kappa shape index (κ1) is 16.1. The molecule has 0 aromatic rings. The van der Waals surface area contributed by atoms with Gasteiger partial charge in [-0.2, -0.15) is 0 Å². The Morgan fingerprint density at radius 2 is 1.00 bits per heavy atom. The van der Waals surface area contributed by atoms with Crippen LogP contribution in [-0.2, 0) is 0 Å². The Morgan fingerprint density at radius 3 is 1.33 bits per heavy atom. The summed E-state index contributed by atoms with van der Waals surface area (Å²) in [5.74, 6) is 0. The minimum absolute atomic E-state index is 0.552. The number of hydrogen-bond acceptors (Lipinski definition) is 0. The Bertz CT molecular complexity index is 225. The molecule has 0 nitrogen and oxygen atoms in total. The second-order valence-electron chi connectivity index (χ2n) is 8.70. The van der Waals surface area contributed by atoms with Crippen molar-refractivity contribution in [2.75, 3.05) is 0 Å². The normalized spacial score (nSPS) is 28.3. The zero-order valence-electron chi connectivity index (χ0n) is 13.9. The van der Waals surface area contributed by atoms with E-state index in [4.69, 9.17) is 0 Å². The van der Waals surface area contributed by atoms with Crippen molar-refractivity contribution in [3.8, 4) is 0 Å². The van der Waals surface area contributed by atoms with E-state index in [1.54, 1.807) is 0 Å². The summed E-state index contributed by atoms with van der Waals surface area (Å²) < 4.78 is 0. The summed E-state index contributed by atoms with van der Waals surface area (Å²) in [6, 6.07) is 0. The van der Waals surface area contributed by atoms with Crippen LogP contribution >= 0.6 is 0 Å². The van der Waals surface area contributed by atoms with Gasteiger partial charge >= 0.3 is 0 Å². The zero-order valence-corrected chi connectivity index (χ0v) is 13.9. The molecule has 0 spiro atoms. The van der Waals surface area contributed by atoms with Gasteiger partial charge in [0.05, 0.1) is 0 Å². The number of hydrogen-bond donors (Lipinski definition) is 0. The summed E-state index contributed by atoms with van der Waals surface area (Å²) >= 11 is 0. The molecule has 0 aromatic carbocycles. The fourth-order valence-corrected chi connectivity index (χ4v) is 3.39. The molecule has 1 fully saturated rings. The van der Waals surface area contributed by atoms with Crippen molar-refractivity contribution in [2.24, 2.45) is 16.2 Å². The smallest absolute Gasteiger partial charge is 0.0328 e. The molecule has 0 unspecified atom stereocenters. The topological polar surface area (TPSA) is 0 Å². The van der Waals surface area contributed by atoms with Gasteiger partial charge in [-0.15, -0.1) is 0 Å². The van der Waals surface area contributed by atoms with Gasteiger partial charge in [0, 0.05) is 0 Å². The summed E-state index contributed by atoms with van der Waals surface area (Å²) in [5, 5.41) is 0. The fraction of sp³-hybridized carbons (Fsp3) is 1.00. The Morgan fingerprint density at radius 1 is 0.611 bits per heavy atom. The third kappa shape index (κ3) is 5.33. The van der Waals surface area contributed by atoms with Gasteiger partial charge in [0.25, 0.3) is 0 Å². The Balaban J connectivity index is 2.72. The second kappa shape index (κ2) is 5.97. The SMILES string of the molecule is CCC1(C)CCCC(C)(C)CCC(C)(C)CCC1. The maximum Gasteiger partial charge on any atom is -0.0328 e. The molecule has 0 aliphatic heterocycles. The monoisotopic (exact) mass is 252 g/mol. The molecule has 1 aliphatic carbocycles. The predicted molar refractivity (Wildman–Crippen MR) is 82.9 cm³/mol. The van der Waals surface area contributed by atoms with E-state index in [2.05, 4.69) is 41.5 Å². The molecule has 0 amide bonds. The molecule has 108 valence electrons. The molecule has 0 heteroatoms. The van der Waals surface area contributed by atoms with Gasteiger partial charge in [-0.3, -0.25) is 0 Å². The number of rotatable bonds is 1. The van der Waals surface area contributed by atoms with Crippen LogP contribution < -0.4 is 0 Å². The Kier molecular flexibility index (Phi) is 5.32. The highest BCUT2D eigenvalue weighted by molar-refractivity contribution is 4.81. The molecule has 18 heavy (non-hydrogen) atoms. The standard InChI is InChI=1S/C18H36/c1-7-18(6)12-8-10-16(2,3)14-15-17(4,5)11-9-13-18/h7-15H2,1-6H3. The summed E-state index contributed by atoms with van der Waals surface area (Å²) in [6.45, 7) is 14.8. The molecule has 1 aliphatic rings. The van der Waals surface area contributed by atoms with Crippen molar-refractivity contribution in [3.63, 3.8) is 0 Å². The quantitative estimate of drug-likeness (QED) is 0.494. The molecule has 0 atom stereocenters. The average molecular weight is 252 g/mol. The van der Waals surface area contributed by atoms with E-state index in [1.807, 2.05) is 0 Å². The second-order valence-corrected chi connectivity index (χ2v) is 8.70. The van der Waals surface area contributed by atoms with Crippen LogP contribution in [0.15, 0.2) is 0 Å². The first-order chi connectivity index (χ1) is 8.18. The van der Waals surface area contributed by atoms with Crippen LogP contribution in [0.2, 0.25) is 0 Å². The molecule has 0 bridgehead atoms. The van der Waals surface area contributed by atoms with Crippen LogP contribution in [0.25, 0.3) is 0 Å². The van der Waals surface area contributed by atoms with Gasteiger partial charge in [0.15, 0.2) is 0 Å². The van der Waals surface area contributed by atoms with Crippen molar-refractivity contribution >= 4 is 0 Å². The van der Waals surface area contributed by atoms with Gasteiger partial charge in [-0.1, -0.05) is 60.8 Å². The third-order valence-electron chi connectivity index (χ3n) is 5.60. The molecule has 0 aromatic heterocycles. The first-order valence-electron chi connectivity index (χ1n) is 8.18. The van der Waals surface area contributed by atoms with Gasteiger partial charge in [0.2, 0.25) is 0 Å². The van der Waals surface area contributed by atoms with Gasteiger partial charge in [-0.05, 0) is 54.8 Å². The van der Waals surface area contributed by atoms with Crippen molar-refractivity contribution in [1.29, 1.82) is 0 Å². The van der Waals surface area contributed by atoms with Gasteiger partial charge in [-0.25, -0.2) is 0 Å². The summed E-state index contributed by atoms with van der Waals surface area (Å²) in [5.41, 5.74) is 1.71. The van der Waals surface area contributed by atoms with Crippen LogP contribution in [0.5, 0.6) is 0 Å². The summed E-state index contributed by atoms with van der Waals surface area (Å²) in [6.07, 6.45) is 12.7. The molecule has 1 saturated carbocycles. The van der Waals surface area contributed by atoms with E-state index >= 15 is 0 Å². The van der Waals surface area contributed by atoms with Crippen molar-refractivity contribution in [1.82, 2.24) is 0 Å². The first-order valence-corrected chi connectivity index (χ1v) is 8.18. The molecule has 0 heterocycles. The lowest BCUT2D eigenvalue weighted by Gasteiger charge is -2.31. The summed E-state index contributed by atoms with van der Waals surface area (Å²) in [4.78, 5) is 0. The largest absolute Gasteiger partial charge is 0.0649 e. The van der Waals surface area contributed by atoms with Crippen LogP contribution in [0.3, 0.4) is 0 Å². The zero-order chi connectivity index (χ0) is 13.9. The molecule has 0 N–H and O–H groups in total. The van der Waals surface area contributed by atoms with Crippen LogP contribution in [-0.4, -0.2) is 0 Å². The lowest BCUT2D eigenvalue weighted by atomic mass is 9.75. The molecule has 0 saturated heterocycles. The minimum Gasteiger partial charge on any atom is -0.0649 e. The minimum atomic E-state index is 0.552. The predicted octanol–water partition coefficient (Wildman–Crippen LogP) is 6.59. The van der Waals surface area contributed by atoms with E-state index in [1.165, 1.54) is 57.8 Å². The van der Waals surface area contributed by atoms with Crippen LogP contribution in [0.4, 0.5) is 0 Å². The Labute approximate surface area is 116 Å². The molecule has 1 rings (SSSR count). The van der Waals surface area contributed by atoms with E-state index in [9.17, 15) is 0 Å². The van der Waals surface area contributed by atoms with Gasteiger partial charge < -0.3 is 0 Å². The van der Waals surface area contributed by atoms with E-state index < -0.39 is 0 Å². The average Bonchev–Trinajstić information content (AvgIpc) is 2.27. The summed E-state index contributed by atoms with van der Waals surface area (Å²) in [7, 11) is 0. The maximum atomic E-state index is 2.52.